The molecule has 0 unspecified atom stereocenters. The molecule has 0 amide bonds. The van der Waals surface area contributed by atoms with Crippen LogP contribution in [0.1, 0.15) is 12.2 Å². The van der Waals surface area contributed by atoms with Crippen LogP contribution in [0, 0.1) is 0 Å². The molecule has 60 valence electrons. The van der Waals surface area contributed by atoms with Crippen molar-refractivity contribution in [2.75, 3.05) is 13.6 Å². The van der Waals surface area contributed by atoms with E-state index in [0.29, 0.717) is 0 Å². The monoisotopic (exact) mass is 151 g/mol. The van der Waals surface area contributed by atoms with Crippen molar-refractivity contribution < 1.29 is 0 Å². The van der Waals surface area contributed by atoms with Gasteiger partial charge in [-0.25, -0.2) is 4.98 Å². The second-order valence-electron chi connectivity index (χ2n) is 3.13. The first-order chi connectivity index (χ1) is 5.36. The summed E-state index contributed by atoms with van der Waals surface area (Å²) in [7, 11) is 2.14. The Morgan fingerprint density at radius 3 is 3.27 bits per heavy atom. The Morgan fingerprint density at radius 1 is 1.45 bits per heavy atom. The molecule has 3 heteroatoms. The molecule has 0 saturated carbocycles. The largest absolute Gasteiger partial charge is 0.334 e. The van der Waals surface area contributed by atoms with Crippen molar-refractivity contribution in [3.63, 3.8) is 0 Å². The van der Waals surface area contributed by atoms with Crippen LogP contribution in [0.3, 0.4) is 0 Å². The molecular formula is C8H13N3. The summed E-state index contributed by atoms with van der Waals surface area (Å²) in [6.07, 6.45) is 5.18. The van der Waals surface area contributed by atoms with Crippen molar-refractivity contribution in [1.82, 2.24) is 14.5 Å². The highest BCUT2D eigenvalue weighted by atomic mass is 15.2. The van der Waals surface area contributed by atoms with Crippen LogP contribution < -0.4 is 0 Å². The molecule has 2 rings (SSSR count). The second kappa shape index (κ2) is 2.66. The average molecular weight is 151 g/mol. The van der Waals surface area contributed by atoms with E-state index >= 15 is 0 Å². The molecule has 11 heavy (non-hydrogen) atoms. The van der Waals surface area contributed by atoms with Gasteiger partial charge >= 0.3 is 0 Å². The van der Waals surface area contributed by atoms with Crippen molar-refractivity contribution >= 4 is 0 Å². The summed E-state index contributed by atoms with van der Waals surface area (Å²) < 4.78 is 2.24. The first-order valence-electron chi connectivity index (χ1n) is 4.05. The fourth-order valence-corrected chi connectivity index (χ4v) is 1.53. The van der Waals surface area contributed by atoms with E-state index in [2.05, 4.69) is 27.7 Å². The fraction of sp³-hybridized carbons (Fsp3) is 0.625. The summed E-state index contributed by atoms with van der Waals surface area (Å²) in [6, 6.07) is 0. The van der Waals surface area contributed by atoms with E-state index in [4.69, 9.17) is 0 Å². The molecule has 0 radical (unpaired) electrons. The van der Waals surface area contributed by atoms with E-state index in [0.717, 1.165) is 13.1 Å². The van der Waals surface area contributed by atoms with Gasteiger partial charge in [-0.1, -0.05) is 0 Å². The maximum absolute atomic E-state index is 4.29. The summed E-state index contributed by atoms with van der Waals surface area (Å²) in [5, 5.41) is 0. The highest BCUT2D eigenvalue weighted by Crippen LogP contribution is 2.07. The lowest BCUT2D eigenvalue weighted by molar-refractivity contribution is 0.329. The van der Waals surface area contributed by atoms with Crippen LogP contribution in [-0.4, -0.2) is 28.0 Å². The van der Waals surface area contributed by atoms with Gasteiger partial charge in [0.2, 0.25) is 0 Å². The highest BCUT2D eigenvalue weighted by molar-refractivity contribution is 4.93. The zero-order valence-corrected chi connectivity index (χ0v) is 6.82. The molecule has 1 aromatic heterocycles. The van der Waals surface area contributed by atoms with Gasteiger partial charge in [0.05, 0.1) is 6.54 Å². The Balaban J connectivity index is 2.26. The normalized spacial score (nSPS) is 19.4. The Labute approximate surface area is 66.6 Å². The van der Waals surface area contributed by atoms with Crippen LogP contribution in [0.2, 0.25) is 0 Å². The number of fused-ring (bicyclic) bond motifs is 1. The molecule has 3 nitrogen and oxygen atoms in total. The Bertz CT molecular complexity index is 241. The van der Waals surface area contributed by atoms with Crippen molar-refractivity contribution in [3.8, 4) is 0 Å². The molecule has 0 bridgehead atoms. The molecule has 1 aliphatic rings. The predicted octanol–water partition coefficient (Wildman–Crippen LogP) is 0.719. The lowest BCUT2D eigenvalue weighted by atomic mass is 10.4. The van der Waals surface area contributed by atoms with Gasteiger partial charge in [-0.2, -0.15) is 0 Å². The number of aryl methyl sites for hydroxylation is 1. The Kier molecular flexibility index (Phi) is 1.66. The number of rotatable bonds is 0. The quantitative estimate of drug-likeness (QED) is 0.544. The standard InChI is InChI=1S/C8H13N3/c1-10-4-2-5-11-6-3-9-8(11)7-10/h3,6H,2,4-5,7H2,1H3. The van der Waals surface area contributed by atoms with Gasteiger partial charge < -0.3 is 4.57 Å². The van der Waals surface area contributed by atoms with Gasteiger partial charge in [0.25, 0.3) is 0 Å². The van der Waals surface area contributed by atoms with Crippen molar-refractivity contribution in [1.29, 1.82) is 0 Å². The van der Waals surface area contributed by atoms with E-state index in [1.807, 2.05) is 6.20 Å². The fourth-order valence-electron chi connectivity index (χ4n) is 1.53. The molecule has 0 saturated heterocycles. The third-order valence-electron chi connectivity index (χ3n) is 2.15. The molecule has 0 N–H and O–H groups in total. The van der Waals surface area contributed by atoms with Gasteiger partial charge in [0.15, 0.2) is 0 Å². The first kappa shape index (κ1) is 6.85. The number of imidazole rings is 1. The summed E-state index contributed by atoms with van der Waals surface area (Å²) >= 11 is 0. The SMILES string of the molecule is CN1CCCn2ccnc2C1. The zero-order chi connectivity index (χ0) is 7.68. The molecule has 0 atom stereocenters. The first-order valence-corrected chi connectivity index (χ1v) is 4.05. The van der Waals surface area contributed by atoms with E-state index in [-0.39, 0.29) is 0 Å². The van der Waals surface area contributed by atoms with Crippen LogP contribution in [0.15, 0.2) is 12.4 Å². The van der Waals surface area contributed by atoms with Crippen molar-refractivity contribution in [2.24, 2.45) is 0 Å². The number of hydrogen-bond donors (Lipinski definition) is 0. The number of nitrogens with zero attached hydrogens (tertiary/aromatic N) is 3. The smallest absolute Gasteiger partial charge is 0.122 e. The summed E-state index contributed by atoms with van der Waals surface area (Å²) in [5.41, 5.74) is 0. The lowest BCUT2D eigenvalue weighted by Crippen LogP contribution is -2.17. The topological polar surface area (TPSA) is 21.1 Å². The van der Waals surface area contributed by atoms with E-state index in [1.54, 1.807) is 0 Å². The van der Waals surface area contributed by atoms with Crippen molar-refractivity contribution in [2.45, 2.75) is 19.5 Å². The highest BCUT2D eigenvalue weighted by Gasteiger charge is 2.10. The Hall–Kier alpha value is -0.830. The van der Waals surface area contributed by atoms with Gasteiger partial charge in [0, 0.05) is 25.5 Å². The van der Waals surface area contributed by atoms with Crippen LogP contribution >= 0.6 is 0 Å². The lowest BCUT2D eigenvalue weighted by Gasteiger charge is -2.10. The maximum Gasteiger partial charge on any atom is 0.122 e. The molecule has 1 aromatic rings. The Morgan fingerprint density at radius 2 is 2.36 bits per heavy atom. The molecule has 0 aromatic carbocycles. The summed E-state index contributed by atoms with van der Waals surface area (Å²) in [4.78, 5) is 6.60. The molecular weight excluding hydrogens is 138 g/mol. The third-order valence-corrected chi connectivity index (χ3v) is 2.15. The molecule has 0 spiro atoms. The van der Waals surface area contributed by atoms with Gasteiger partial charge in [-0.05, 0) is 13.5 Å². The van der Waals surface area contributed by atoms with Crippen LogP contribution in [0.4, 0.5) is 0 Å². The maximum atomic E-state index is 4.29. The minimum Gasteiger partial charge on any atom is -0.334 e. The predicted molar refractivity (Wildman–Crippen MR) is 43.2 cm³/mol. The number of aromatic nitrogens is 2. The van der Waals surface area contributed by atoms with E-state index in [1.165, 1.54) is 18.8 Å². The van der Waals surface area contributed by atoms with Gasteiger partial charge in [0.1, 0.15) is 5.82 Å². The minimum absolute atomic E-state index is 0.993. The molecule has 1 aliphatic heterocycles. The number of hydrogen-bond acceptors (Lipinski definition) is 2. The summed E-state index contributed by atoms with van der Waals surface area (Å²) in [5.74, 6) is 1.20. The molecule has 0 fully saturated rings. The van der Waals surface area contributed by atoms with Gasteiger partial charge in [-0.3, -0.25) is 4.90 Å². The molecule has 0 aliphatic carbocycles. The third kappa shape index (κ3) is 1.28. The van der Waals surface area contributed by atoms with E-state index < -0.39 is 0 Å². The average Bonchev–Trinajstić information content (AvgIpc) is 2.31. The second-order valence-corrected chi connectivity index (χ2v) is 3.13. The zero-order valence-electron chi connectivity index (χ0n) is 6.82. The van der Waals surface area contributed by atoms with Crippen LogP contribution in [0.25, 0.3) is 0 Å². The minimum atomic E-state index is 0.993. The molecule has 2 heterocycles. The van der Waals surface area contributed by atoms with Crippen molar-refractivity contribution in [3.05, 3.63) is 18.2 Å². The van der Waals surface area contributed by atoms with Crippen LogP contribution in [0.5, 0.6) is 0 Å². The summed E-state index contributed by atoms with van der Waals surface area (Å²) in [6.45, 7) is 3.30. The van der Waals surface area contributed by atoms with Gasteiger partial charge in [-0.15, -0.1) is 0 Å². The van der Waals surface area contributed by atoms with Crippen LogP contribution in [-0.2, 0) is 13.1 Å². The van der Waals surface area contributed by atoms with E-state index in [9.17, 15) is 0 Å².